The van der Waals surface area contributed by atoms with Gasteiger partial charge in [0, 0.05) is 18.9 Å². The van der Waals surface area contributed by atoms with Crippen LogP contribution in [0.25, 0.3) is 0 Å². The van der Waals surface area contributed by atoms with Crippen molar-refractivity contribution in [3.8, 4) is 0 Å². The number of ether oxygens (including phenoxy) is 2. The number of aliphatic hydroxyl groups is 2. The Hall–Kier alpha value is -0.620. The lowest BCUT2D eigenvalue weighted by atomic mass is 9.72. The van der Waals surface area contributed by atoms with Gasteiger partial charge in [0.15, 0.2) is 0 Å². The molecule has 2 rings (SSSR count). The summed E-state index contributed by atoms with van der Waals surface area (Å²) in [6.07, 6.45) is 2.45. The Kier molecular flexibility index (Phi) is 5.77. The predicted molar refractivity (Wildman–Crippen MR) is 90.2 cm³/mol. The SMILES string of the molecule is CCCN(CC)CC1COC2(CC(O)C(C(C)(C)C)C=C2O)O1. The first-order chi connectivity index (χ1) is 10.7. The van der Waals surface area contributed by atoms with E-state index in [9.17, 15) is 10.2 Å². The maximum Gasteiger partial charge on any atom is 0.230 e. The summed E-state index contributed by atoms with van der Waals surface area (Å²) in [4.78, 5) is 2.32. The lowest BCUT2D eigenvalue weighted by Gasteiger charge is -2.41. The third-order valence-corrected chi connectivity index (χ3v) is 4.93. The highest BCUT2D eigenvalue weighted by Crippen LogP contribution is 2.44. The molecule has 23 heavy (non-hydrogen) atoms. The van der Waals surface area contributed by atoms with Gasteiger partial charge >= 0.3 is 0 Å². The van der Waals surface area contributed by atoms with E-state index in [0.29, 0.717) is 6.61 Å². The number of likely N-dealkylation sites (N-methyl/N-ethyl adjacent to an activating group) is 1. The minimum absolute atomic E-state index is 0.0737. The van der Waals surface area contributed by atoms with Gasteiger partial charge in [0.25, 0.3) is 0 Å². The number of hydrogen-bond donors (Lipinski definition) is 2. The standard InChI is InChI=1S/C18H33NO4/c1-6-8-19(7-2)11-13-12-22-18(23-13)10-15(20)14(9-16(18)21)17(3,4)5/h9,13-15,20-21H,6-8,10-12H2,1-5H3. The van der Waals surface area contributed by atoms with E-state index in [1.807, 2.05) is 0 Å². The van der Waals surface area contributed by atoms with Gasteiger partial charge in [0.1, 0.15) is 5.76 Å². The topological polar surface area (TPSA) is 62.2 Å². The first-order valence-electron chi connectivity index (χ1n) is 8.85. The molecular formula is C18H33NO4. The maximum atomic E-state index is 10.5. The third kappa shape index (κ3) is 4.08. The Morgan fingerprint density at radius 2 is 2.04 bits per heavy atom. The summed E-state index contributed by atoms with van der Waals surface area (Å²) in [5, 5.41) is 21.0. The number of aliphatic hydroxyl groups excluding tert-OH is 2. The molecule has 1 fully saturated rings. The average molecular weight is 327 g/mol. The molecule has 1 aliphatic heterocycles. The van der Waals surface area contributed by atoms with Crippen molar-refractivity contribution in [2.45, 2.75) is 65.5 Å². The summed E-state index contributed by atoms with van der Waals surface area (Å²) >= 11 is 0. The van der Waals surface area contributed by atoms with Crippen LogP contribution in [-0.4, -0.2) is 59.3 Å². The van der Waals surface area contributed by atoms with Crippen molar-refractivity contribution >= 4 is 0 Å². The summed E-state index contributed by atoms with van der Waals surface area (Å²) < 4.78 is 11.9. The van der Waals surface area contributed by atoms with Crippen molar-refractivity contribution in [2.75, 3.05) is 26.2 Å². The van der Waals surface area contributed by atoms with E-state index in [1.54, 1.807) is 6.08 Å². The van der Waals surface area contributed by atoms with Crippen molar-refractivity contribution in [1.29, 1.82) is 0 Å². The second kappa shape index (κ2) is 7.09. The van der Waals surface area contributed by atoms with E-state index >= 15 is 0 Å². The Morgan fingerprint density at radius 1 is 1.35 bits per heavy atom. The highest BCUT2D eigenvalue weighted by atomic mass is 16.8. The Balaban J connectivity index is 2.07. The van der Waals surface area contributed by atoms with E-state index < -0.39 is 11.9 Å². The van der Waals surface area contributed by atoms with Crippen molar-refractivity contribution in [2.24, 2.45) is 11.3 Å². The molecule has 0 amide bonds. The monoisotopic (exact) mass is 327 g/mol. The summed E-state index contributed by atoms with van der Waals surface area (Å²) in [5.74, 6) is -1.15. The first kappa shape index (κ1) is 18.7. The van der Waals surface area contributed by atoms with Gasteiger partial charge in [-0.25, -0.2) is 0 Å². The highest BCUT2D eigenvalue weighted by molar-refractivity contribution is 5.17. The quantitative estimate of drug-likeness (QED) is 0.813. The molecule has 1 saturated heterocycles. The average Bonchev–Trinajstić information content (AvgIpc) is 2.85. The van der Waals surface area contributed by atoms with Gasteiger partial charge in [-0.2, -0.15) is 0 Å². The molecule has 0 bridgehead atoms. The van der Waals surface area contributed by atoms with Crippen LogP contribution in [0.5, 0.6) is 0 Å². The lowest BCUT2D eigenvalue weighted by molar-refractivity contribution is -0.193. The van der Waals surface area contributed by atoms with Crippen LogP contribution in [0, 0.1) is 11.3 Å². The maximum absolute atomic E-state index is 10.5. The smallest absolute Gasteiger partial charge is 0.230 e. The van der Waals surface area contributed by atoms with Crippen LogP contribution in [0.2, 0.25) is 0 Å². The van der Waals surface area contributed by atoms with E-state index in [2.05, 4.69) is 39.5 Å². The van der Waals surface area contributed by atoms with E-state index in [-0.39, 0.29) is 29.6 Å². The fourth-order valence-corrected chi connectivity index (χ4v) is 3.62. The molecule has 5 nitrogen and oxygen atoms in total. The van der Waals surface area contributed by atoms with Gasteiger partial charge in [0.2, 0.25) is 5.79 Å². The highest BCUT2D eigenvalue weighted by Gasteiger charge is 2.52. The zero-order valence-electron chi connectivity index (χ0n) is 15.2. The Labute approximate surface area is 140 Å². The van der Waals surface area contributed by atoms with Crippen molar-refractivity contribution in [1.82, 2.24) is 4.90 Å². The van der Waals surface area contributed by atoms with Gasteiger partial charge in [-0.15, -0.1) is 0 Å². The summed E-state index contributed by atoms with van der Waals surface area (Å²) in [6, 6.07) is 0. The first-order valence-corrected chi connectivity index (χ1v) is 8.85. The minimum Gasteiger partial charge on any atom is -0.507 e. The van der Waals surface area contributed by atoms with Crippen molar-refractivity contribution in [3.05, 3.63) is 11.8 Å². The third-order valence-electron chi connectivity index (χ3n) is 4.93. The van der Waals surface area contributed by atoms with E-state index in [0.717, 1.165) is 26.1 Å². The molecule has 1 aliphatic carbocycles. The second-order valence-corrected chi connectivity index (χ2v) is 7.91. The molecule has 0 aromatic carbocycles. The van der Waals surface area contributed by atoms with Gasteiger partial charge in [-0.05, 0) is 31.0 Å². The summed E-state index contributed by atoms with van der Waals surface area (Å²) in [6.45, 7) is 13.7. The van der Waals surface area contributed by atoms with E-state index in [4.69, 9.17) is 9.47 Å². The minimum atomic E-state index is -1.16. The van der Waals surface area contributed by atoms with Crippen LogP contribution in [0.4, 0.5) is 0 Å². The second-order valence-electron chi connectivity index (χ2n) is 7.91. The Morgan fingerprint density at radius 3 is 2.61 bits per heavy atom. The fraction of sp³-hybridized carbons (Fsp3) is 0.889. The molecule has 2 aliphatic rings. The van der Waals surface area contributed by atoms with E-state index in [1.165, 1.54) is 0 Å². The molecule has 0 saturated carbocycles. The molecule has 0 aromatic rings. The predicted octanol–water partition coefficient (Wildman–Crippen LogP) is 2.70. The molecule has 134 valence electrons. The van der Waals surface area contributed by atoms with Crippen LogP contribution in [0.3, 0.4) is 0 Å². The molecule has 0 radical (unpaired) electrons. The van der Waals surface area contributed by atoms with Crippen LogP contribution in [-0.2, 0) is 9.47 Å². The van der Waals surface area contributed by atoms with Gasteiger partial charge in [-0.1, -0.05) is 34.6 Å². The zero-order valence-corrected chi connectivity index (χ0v) is 15.2. The number of hydrogen-bond acceptors (Lipinski definition) is 5. The summed E-state index contributed by atoms with van der Waals surface area (Å²) in [5.41, 5.74) is -0.118. The molecule has 4 unspecified atom stereocenters. The molecule has 5 heteroatoms. The Bertz CT molecular complexity index is 431. The van der Waals surface area contributed by atoms with Crippen LogP contribution >= 0.6 is 0 Å². The summed E-state index contributed by atoms with van der Waals surface area (Å²) in [7, 11) is 0. The zero-order chi connectivity index (χ0) is 17.3. The van der Waals surface area contributed by atoms with Gasteiger partial charge < -0.3 is 24.6 Å². The molecule has 0 aromatic heterocycles. The largest absolute Gasteiger partial charge is 0.507 e. The number of nitrogens with zero attached hydrogens (tertiary/aromatic N) is 1. The lowest BCUT2D eigenvalue weighted by Crippen LogP contribution is -2.47. The molecular weight excluding hydrogens is 294 g/mol. The van der Waals surface area contributed by atoms with Crippen LogP contribution < -0.4 is 0 Å². The fourth-order valence-electron chi connectivity index (χ4n) is 3.62. The molecule has 1 spiro atoms. The number of rotatable bonds is 5. The van der Waals surface area contributed by atoms with Gasteiger partial charge in [0.05, 0.1) is 18.8 Å². The normalized spacial score (nSPS) is 35.1. The molecule has 4 atom stereocenters. The van der Waals surface area contributed by atoms with Crippen molar-refractivity contribution in [3.63, 3.8) is 0 Å². The van der Waals surface area contributed by atoms with Crippen LogP contribution in [0.1, 0.15) is 47.5 Å². The van der Waals surface area contributed by atoms with Gasteiger partial charge in [-0.3, -0.25) is 0 Å². The van der Waals surface area contributed by atoms with Crippen LogP contribution in [0.15, 0.2) is 11.8 Å². The molecule has 2 N–H and O–H groups in total. The molecule has 1 heterocycles. The van der Waals surface area contributed by atoms with Crippen molar-refractivity contribution < 1.29 is 19.7 Å².